The first-order chi connectivity index (χ1) is 16.8. The van der Waals surface area contributed by atoms with E-state index >= 15 is 0 Å². The maximum Gasteiger partial charge on any atom is 0.247 e. The molecule has 3 N–H and O–H groups in total. The number of carbonyl (C=O) groups excluding carboxylic acids is 1. The van der Waals surface area contributed by atoms with Crippen LogP contribution in [0.2, 0.25) is 0 Å². The molecule has 0 aliphatic carbocycles. The Labute approximate surface area is 200 Å². The Kier molecular flexibility index (Phi) is 4.75. The predicted molar refractivity (Wildman–Crippen MR) is 129 cm³/mol. The molecule has 2 aromatic carbocycles. The highest BCUT2D eigenvalue weighted by Crippen LogP contribution is 2.39. The molecule has 0 saturated carbocycles. The van der Waals surface area contributed by atoms with E-state index in [1.165, 1.54) is 12.1 Å². The number of amides is 1. The molecular weight excluding hydrogens is 449 g/mol. The number of fused-ring (bicyclic) bond motifs is 2. The van der Waals surface area contributed by atoms with Crippen LogP contribution in [0, 0.1) is 5.82 Å². The quantitative estimate of drug-likeness (QED) is 0.416. The molecule has 4 heterocycles. The lowest BCUT2D eigenvalue weighted by atomic mass is 9.86. The van der Waals surface area contributed by atoms with Gasteiger partial charge >= 0.3 is 0 Å². The van der Waals surface area contributed by atoms with Gasteiger partial charge in [0, 0.05) is 30.3 Å². The summed E-state index contributed by atoms with van der Waals surface area (Å²) in [6.45, 7) is 4.14. The minimum Gasteiger partial charge on any atom is -0.391 e. The van der Waals surface area contributed by atoms with Crippen LogP contribution in [0.5, 0.6) is 0 Å². The SMILES string of the molecule is CC1(C)C(=O)Nc2cc(Nc3nc4c(N5C[C@@H](O)C[C@@H]5c5cccc(F)c5)nccn4n3)ccc21. The maximum absolute atomic E-state index is 13.9. The van der Waals surface area contributed by atoms with Gasteiger partial charge in [0.2, 0.25) is 11.9 Å². The van der Waals surface area contributed by atoms with Gasteiger partial charge in [-0.25, -0.2) is 13.9 Å². The lowest BCUT2D eigenvalue weighted by Gasteiger charge is -2.25. The zero-order chi connectivity index (χ0) is 24.3. The van der Waals surface area contributed by atoms with Crippen LogP contribution < -0.4 is 15.5 Å². The average molecular weight is 474 g/mol. The molecule has 2 aliphatic rings. The Morgan fingerprint density at radius 1 is 1.23 bits per heavy atom. The fourth-order valence-corrected chi connectivity index (χ4v) is 4.94. The summed E-state index contributed by atoms with van der Waals surface area (Å²) in [6, 6.07) is 11.8. The van der Waals surface area contributed by atoms with Gasteiger partial charge in [0.25, 0.3) is 0 Å². The van der Waals surface area contributed by atoms with Gasteiger partial charge < -0.3 is 20.6 Å². The van der Waals surface area contributed by atoms with Gasteiger partial charge in [0.1, 0.15) is 5.82 Å². The molecule has 0 unspecified atom stereocenters. The fraction of sp³-hybridized carbons (Fsp3) is 0.280. The molecule has 1 saturated heterocycles. The van der Waals surface area contributed by atoms with Crippen molar-refractivity contribution >= 4 is 34.7 Å². The van der Waals surface area contributed by atoms with E-state index in [1.54, 1.807) is 23.0 Å². The Bertz CT molecular complexity index is 1470. The third-order valence-electron chi connectivity index (χ3n) is 6.79. The lowest BCUT2D eigenvalue weighted by molar-refractivity contribution is -0.119. The summed E-state index contributed by atoms with van der Waals surface area (Å²) in [4.78, 5) is 23.4. The molecule has 2 atom stereocenters. The van der Waals surface area contributed by atoms with Crippen molar-refractivity contribution in [3.8, 4) is 0 Å². The highest BCUT2D eigenvalue weighted by Gasteiger charge is 2.38. The van der Waals surface area contributed by atoms with Crippen LogP contribution in [0.25, 0.3) is 5.65 Å². The summed E-state index contributed by atoms with van der Waals surface area (Å²) >= 11 is 0. The van der Waals surface area contributed by atoms with Crippen molar-refractivity contribution in [2.75, 3.05) is 22.1 Å². The molecule has 178 valence electrons. The summed E-state index contributed by atoms with van der Waals surface area (Å²) in [5.74, 6) is 0.566. The molecule has 1 amide bonds. The number of hydrogen-bond acceptors (Lipinski definition) is 7. The monoisotopic (exact) mass is 473 g/mol. The maximum atomic E-state index is 13.9. The average Bonchev–Trinajstić information content (AvgIpc) is 3.47. The number of aliphatic hydroxyl groups is 1. The van der Waals surface area contributed by atoms with Crippen LogP contribution in [0.15, 0.2) is 54.9 Å². The summed E-state index contributed by atoms with van der Waals surface area (Å²) < 4.78 is 15.5. The first-order valence-corrected chi connectivity index (χ1v) is 11.4. The Hall–Kier alpha value is -4.05. The second-order valence-corrected chi connectivity index (χ2v) is 9.53. The van der Waals surface area contributed by atoms with E-state index in [0.717, 1.165) is 22.5 Å². The van der Waals surface area contributed by atoms with Crippen LogP contribution in [0.3, 0.4) is 0 Å². The molecule has 2 aromatic heterocycles. The van der Waals surface area contributed by atoms with E-state index in [9.17, 15) is 14.3 Å². The van der Waals surface area contributed by atoms with Gasteiger partial charge in [0.15, 0.2) is 11.5 Å². The number of benzene rings is 2. The molecular formula is C25H24FN7O2. The van der Waals surface area contributed by atoms with Gasteiger partial charge in [-0.05, 0) is 55.7 Å². The third kappa shape index (κ3) is 3.57. The molecule has 4 aromatic rings. The minimum absolute atomic E-state index is 0.0353. The highest BCUT2D eigenvalue weighted by molar-refractivity contribution is 6.06. The Morgan fingerprint density at radius 2 is 2.09 bits per heavy atom. The van der Waals surface area contributed by atoms with Gasteiger partial charge in [-0.15, -0.1) is 5.10 Å². The molecule has 2 aliphatic heterocycles. The lowest BCUT2D eigenvalue weighted by Crippen LogP contribution is -2.26. The predicted octanol–water partition coefficient (Wildman–Crippen LogP) is 3.55. The van der Waals surface area contributed by atoms with E-state index in [2.05, 4.69) is 25.7 Å². The first kappa shape index (κ1) is 21.5. The number of aliphatic hydroxyl groups excluding tert-OH is 1. The summed E-state index contributed by atoms with van der Waals surface area (Å²) in [6.07, 6.45) is 3.22. The van der Waals surface area contributed by atoms with Crippen LogP contribution in [0.4, 0.5) is 27.5 Å². The molecule has 0 radical (unpaired) electrons. The molecule has 0 spiro atoms. The van der Waals surface area contributed by atoms with Crippen LogP contribution in [-0.2, 0) is 10.2 Å². The van der Waals surface area contributed by atoms with Crippen LogP contribution in [-0.4, -0.2) is 43.2 Å². The first-order valence-electron chi connectivity index (χ1n) is 11.4. The van der Waals surface area contributed by atoms with Gasteiger partial charge in [-0.3, -0.25) is 4.79 Å². The number of carbonyl (C=O) groups is 1. The van der Waals surface area contributed by atoms with Crippen molar-refractivity contribution in [2.45, 2.75) is 37.8 Å². The number of anilines is 4. The number of rotatable bonds is 4. The van der Waals surface area contributed by atoms with Crippen molar-refractivity contribution in [3.63, 3.8) is 0 Å². The second kappa shape index (κ2) is 7.74. The van der Waals surface area contributed by atoms with Crippen LogP contribution in [0.1, 0.15) is 37.4 Å². The normalized spacial score (nSPS) is 20.8. The van der Waals surface area contributed by atoms with E-state index in [4.69, 9.17) is 0 Å². The Morgan fingerprint density at radius 3 is 2.91 bits per heavy atom. The zero-order valence-corrected chi connectivity index (χ0v) is 19.2. The molecule has 0 bridgehead atoms. The number of halogens is 1. The van der Waals surface area contributed by atoms with Crippen molar-refractivity contribution in [1.82, 2.24) is 19.6 Å². The third-order valence-corrected chi connectivity index (χ3v) is 6.79. The van der Waals surface area contributed by atoms with E-state index in [1.807, 2.05) is 43.0 Å². The topological polar surface area (TPSA) is 108 Å². The summed E-state index contributed by atoms with van der Waals surface area (Å²) in [5.41, 5.74) is 3.15. The van der Waals surface area contributed by atoms with Crippen molar-refractivity contribution in [2.24, 2.45) is 0 Å². The minimum atomic E-state index is -0.575. The highest BCUT2D eigenvalue weighted by atomic mass is 19.1. The summed E-state index contributed by atoms with van der Waals surface area (Å²) in [5, 5.41) is 21.1. The summed E-state index contributed by atoms with van der Waals surface area (Å²) in [7, 11) is 0. The second-order valence-electron chi connectivity index (χ2n) is 9.53. The number of hydrogen-bond donors (Lipinski definition) is 3. The largest absolute Gasteiger partial charge is 0.391 e. The molecule has 35 heavy (non-hydrogen) atoms. The molecule has 1 fully saturated rings. The van der Waals surface area contributed by atoms with Crippen LogP contribution >= 0.6 is 0 Å². The van der Waals surface area contributed by atoms with Crippen molar-refractivity contribution in [3.05, 3.63) is 71.8 Å². The standard InChI is InChI=1S/C25H24FN7O2/c1-25(2)18-7-6-16(11-19(18)29-23(25)35)28-24-30-22-21(27-8-9-33(22)31-24)32-13-17(34)12-20(32)14-4-3-5-15(26)10-14/h3-11,17,20,34H,12-13H2,1-2H3,(H,28,31)(H,29,35)/t17-,20+/m0/s1. The van der Waals surface area contributed by atoms with Gasteiger partial charge in [-0.2, -0.15) is 4.98 Å². The number of nitrogens with one attached hydrogen (secondary N) is 2. The Balaban J connectivity index is 1.33. The number of aromatic nitrogens is 4. The van der Waals surface area contributed by atoms with E-state index < -0.39 is 11.5 Å². The van der Waals surface area contributed by atoms with Gasteiger partial charge in [-0.1, -0.05) is 18.2 Å². The number of nitrogens with zero attached hydrogens (tertiary/aromatic N) is 5. The molecule has 6 rings (SSSR count). The smallest absolute Gasteiger partial charge is 0.247 e. The molecule has 10 heteroatoms. The van der Waals surface area contributed by atoms with E-state index in [0.29, 0.717) is 30.4 Å². The van der Waals surface area contributed by atoms with E-state index in [-0.39, 0.29) is 17.8 Å². The fourth-order valence-electron chi connectivity index (χ4n) is 4.94. The van der Waals surface area contributed by atoms with Gasteiger partial charge in [0.05, 0.1) is 17.6 Å². The van der Waals surface area contributed by atoms with Crippen molar-refractivity contribution < 1.29 is 14.3 Å². The van der Waals surface area contributed by atoms with Crippen molar-refractivity contribution in [1.29, 1.82) is 0 Å². The molecule has 9 nitrogen and oxygen atoms in total. The number of β-amino-alcohol motifs (C(OH)–C–C–N with tert-alkyl or cyclic N) is 1. The zero-order valence-electron chi connectivity index (χ0n) is 19.2.